The molecule has 4 rings (SSSR count). The van der Waals surface area contributed by atoms with Gasteiger partial charge in [-0.3, -0.25) is 4.98 Å². The van der Waals surface area contributed by atoms with E-state index in [1.807, 2.05) is 24.3 Å². The van der Waals surface area contributed by atoms with Crippen molar-refractivity contribution in [1.29, 1.82) is 0 Å². The standard InChI is InChI=1S/C20H18N2O2/c1-13-4-6-14(7-5-13)18-12-17(24-22-18)11-16-9-8-15-3-2-10-21-19(15)20(16)23/h2-10,17,23H,11-12H2,1H3/t17-/m1/s1. The van der Waals surface area contributed by atoms with Crippen LogP contribution in [0, 0.1) is 6.92 Å². The Kier molecular flexibility index (Phi) is 3.65. The van der Waals surface area contributed by atoms with Gasteiger partial charge in [0.2, 0.25) is 0 Å². The summed E-state index contributed by atoms with van der Waals surface area (Å²) in [5, 5.41) is 15.6. The van der Waals surface area contributed by atoms with Crippen molar-refractivity contribution in [3.63, 3.8) is 0 Å². The second kappa shape index (κ2) is 5.96. The lowest BCUT2D eigenvalue weighted by atomic mass is 9.98. The maximum atomic E-state index is 10.5. The molecule has 1 aromatic heterocycles. The normalized spacial score (nSPS) is 16.9. The summed E-state index contributed by atoms with van der Waals surface area (Å²) in [5.74, 6) is 0.237. The van der Waals surface area contributed by atoms with Gasteiger partial charge in [0.15, 0.2) is 0 Å². The van der Waals surface area contributed by atoms with Crippen LogP contribution in [0.25, 0.3) is 10.9 Å². The average Bonchev–Trinajstić information content (AvgIpc) is 3.07. The molecule has 2 heterocycles. The molecule has 0 bridgehead atoms. The number of hydrogen-bond donors (Lipinski definition) is 1. The monoisotopic (exact) mass is 318 g/mol. The molecule has 0 saturated carbocycles. The van der Waals surface area contributed by atoms with Crippen molar-refractivity contribution in [3.8, 4) is 5.75 Å². The summed E-state index contributed by atoms with van der Waals surface area (Å²) in [6.45, 7) is 2.07. The van der Waals surface area contributed by atoms with Crippen LogP contribution in [0.3, 0.4) is 0 Å². The molecule has 4 heteroatoms. The molecule has 0 amide bonds. The van der Waals surface area contributed by atoms with Crippen molar-refractivity contribution < 1.29 is 9.94 Å². The number of pyridine rings is 1. The van der Waals surface area contributed by atoms with Gasteiger partial charge in [-0.25, -0.2) is 0 Å². The number of oxime groups is 1. The second-order valence-electron chi connectivity index (χ2n) is 6.19. The van der Waals surface area contributed by atoms with Crippen LogP contribution < -0.4 is 0 Å². The number of benzene rings is 2. The summed E-state index contributed by atoms with van der Waals surface area (Å²) >= 11 is 0. The molecule has 0 fully saturated rings. The SMILES string of the molecule is Cc1ccc(C2=NO[C@H](Cc3ccc4cccnc4c3O)C2)cc1. The van der Waals surface area contributed by atoms with Crippen LogP contribution in [0.1, 0.15) is 23.1 Å². The zero-order valence-electron chi connectivity index (χ0n) is 13.4. The highest BCUT2D eigenvalue weighted by Crippen LogP contribution is 2.30. The van der Waals surface area contributed by atoms with E-state index in [4.69, 9.17) is 4.84 Å². The zero-order valence-corrected chi connectivity index (χ0v) is 13.4. The van der Waals surface area contributed by atoms with E-state index in [1.165, 1.54) is 5.56 Å². The maximum absolute atomic E-state index is 10.5. The Morgan fingerprint density at radius 2 is 1.96 bits per heavy atom. The molecule has 3 aromatic rings. The molecular formula is C20H18N2O2. The maximum Gasteiger partial charge on any atom is 0.145 e. The van der Waals surface area contributed by atoms with Crippen molar-refractivity contribution in [2.24, 2.45) is 5.16 Å². The summed E-state index contributed by atoms with van der Waals surface area (Å²) in [7, 11) is 0. The number of aromatic hydroxyl groups is 1. The topological polar surface area (TPSA) is 54.7 Å². The highest BCUT2D eigenvalue weighted by Gasteiger charge is 2.24. The van der Waals surface area contributed by atoms with Gasteiger partial charge in [-0.15, -0.1) is 0 Å². The average molecular weight is 318 g/mol. The van der Waals surface area contributed by atoms with Gasteiger partial charge in [-0.1, -0.05) is 53.2 Å². The molecule has 4 nitrogen and oxygen atoms in total. The van der Waals surface area contributed by atoms with Crippen LogP contribution in [0.2, 0.25) is 0 Å². The lowest BCUT2D eigenvalue weighted by Gasteiger charge is -2.11. The quantitative estimate of drug-likeness (QED) is 0.794. The molecule has 1 aliphatic heterocycles. The van der Waals surface area contributed by atoms with Gasteiger partial charge in [-0.05, 0) is 24.1 Å². The molecule has 1 N–H and O–H groups in total. The smallest absolute Gasteiger partial charge is 0.145 e. The highest BCUT2D eigenvalue weighted by molar-refractivity contribution is 6.01. The number of hydrogen-bond acceptors (Lipinski definition) is 4. The Morgan fingerprint density at radius 3 is 2.79 bits per heavy atom. The third-order valence-electron chi connectivity index (χ3n) is 4.40. The summed E-state index contributed by atoms with van der Waals surface area (Å²) in [4.78, 5) is 9.84. The molecule has 1 aliphatic rings. The fourth-order valence-corrected chi connectivity index (χ4v) is 3.04. The van der Waals surface area contributed by atoms with E-state index in [-0.39, 0.29) is 11.9 Å². The van der Waals surface area contributed by atoms with Crippen LogP contribution in [0.4, 0.5) is 0 Å². The van der Waals surface area contributed by atoms with E-state index in [0.717, 1.165) is 28.6 Å². The summed E-state index contributed by atoms with van der Waals surface area (Å²) < 4.78 is 0. The largest absolute Gasteiger partial charge is 0.505 e. The Hall–Kier alpha value is -2.88. The minimum atomic E-state index is -0.0617. The predicted octanol–water partition coefficient (Wildman–Crippen LogP) is 3.98. The van der Waals surface area contributed by atoms with E-state index >= 15 is 0 Å². The Balaban J connectivity index is 1.51. The number of rotatable bonds is 3. The lowest BCUT2D eigenvalue weighted by Crippen LogP contribution is -2.12. The predicted molar refractivity (Wildman–Crippen MR) is 94.3 cm³/mol. The van der Waals surface area contributed by atoms with E-state index in [1.54, 1.807) is 6.20 Å². The fourth-order valence-electron chi connectivity index (χ4n) is 3.04. The number of fused-ring (bicyclic) bond motifs is 1. The lowest BCUT2D eigenvalue weighted by molar-refractivity contribution is 0.0855. The molecule has 2 aromatic carbocycles. The van der Waals surface area contributed by atoms with Crippen molar-refractivity contribution in [2.75, 3.05) is 0 Å². The van der Waals surface area contributed by atoms with Gasteiger partial charge in [0.05, 0.1) is 5.71 Å². The van der Waals surface area contributed by atoms with Crippen molar-refractivity contribution >= 4 is 16.6 Å². The first-order valence-electron chi connectivity index (χ1n) is 8.06. The van der Waals surface area contributed by atoms with Gasteiger partial charge in [0, 0.05) is 24.4 Å². The molecular weight excluding hydrogens is 300 g/mol. The molecule has 0 saturated heterocycles. The van der Waals surface area contributed by atoms with E-state index in [0.29, 0.717) is 11.9 Å². The van der Waals surface area contributed by atoms with Crippen LogP contribution in [0.5, 0.6) is 5.75 Å². The number of phenolic OH excluding ortho intramolecular Hbond substituents is 1. The first-order chi connectivity index (χ1) is 11.7. The van der Waals surface area contributed by atoms with E-state index in [2.05, 4.69) is 41.3 Å². The van der Waals surface area contributed by atoms with Gasteiger partial charge in [-0.2, -0.15) is 0 Å². The van der Waals surface area contributed by atoms with Crippen LogP contribution in [-0.4, -0.2) is 21.9 Å². The third kappa shape index (κ3) is 2.71. The first-order valence-corrected chi connectivity index (χ1v) is 8.06. The number of aryl methyl sites for hydroxylation is 1. The third-order valence-corrected chi connectivity index (χ3v) is 4.40. The Bertz CT molecular complexity index is 917. The van der Waals surface area contributed by atoms with Crippen molar-refractivity contribution in [2.45, 2.75) is 25.9 Å². The second-order valence-corrected chi connectivity index (χ2v) is 6.19. The molecule has 0 spiro atoms. The highest BCUT2D eigenvalue weighted by atomic mass is 16.6. The zero-order chi connectivity index (χ0) is 16.5. The Labute approximate surface area is 140 Å². The minimum absolute atomic E-state index is 0.0617. The van der Waals surface area contributed by atoms with E-state index in [9.17, 15) is 5.11 Å². The van der Waals surface area contributed by atoms with Gasteiger partial charge < -0.3 is 9.94 Å². The molecule has 0 radical (unpaired) electrons. The number of phenols is 1. The van der Waals surface area contributed by atoms with Crippen LogP contribution in [-0.2, 0) is 11.3 Å². The van der Waals surface area contributed by atoms with Crippen LogP contribution in [0.15, 0.2) is 59.9 Å². The molecule has 0 aliphatic carbocycles. The number of nitrogens with zero attached hydrogens (tertiary/aromatic N) is 2. The minimum Gasteiger partial charge on any atom is -0.505 e. The molecule has 1 atom stereocenters. The Morgan fingerprint density at radius 1 is 1.12 bits per heavy atom. The molecule has 120 valence electrons. The van der Waals surface area contributed by atoms with Gasteiger partial charge in [0.25, 0.3) is 0 Å². The number of aromatic nitrogens is 1. The van der Waals surface area contributed by atoms with E-state index < -0.39 is 0 Å². The van der Waals surface area contributed by atoms with Crippen molar-refractivity contribution in [3.05, 3.63) is 71.4 Å². The summed E-state index contributed by atoms with van der Waals surface area (Å²) in [6.07, 6.45) is 2.98. The van der Waals surface area contributed by atoms with Gasteiger partial charge in [0.1, 0.15) is 17.4 Å². The van der Waals surface area contributed by atoms with Crippen LogP contribution >= 0.6 is 0 Å². The molecule has 0 unspecified atom stereocenters. The van der Waals surface area contributed by atoms with Crippen molar-refractivity contribution in [1.82, 2.24) is 4.98 Å². The summed E-state index contributed by atoms with van der Waals surface area (Å²) in [6, 6.07) is 16.0. The molecule has 24 heavy (non-hydrogen) atoms. The summed E-state index contributed by atoms with van der Waals surface area (Å²) in [5.41, 5.74) is 4.74. The van der Waals surface area contributed by atoms with Gasteiger partial charge >= 0.3 is 0 Å². The first kappa shape index (κ1) is 14.7. The fraction of sp³-hybridized carbons (Fsp3) is 0.200.